The van der Waals surface area contributed by atoms with Crippen LogP contribution in [0.2, 0.25) is 0 Å². The molecular formula is C64H110N6O16. The number of carbonyl (C=O) groups is 6. The van der Waals surface area contributed by atoms with Crippen LogP contribution in [0.5, 0.6) is 23.0 Å². The summed E-state index contributed by atoms with van der Waals surface area (Å²) in [5, 5.41) is 43.4. The molecule has 0 fully saturated rings. The minimum Gasteiger partial charge on any atom is -0.493 e. The lowest BCUT2D eigenvalue weighted by molar-refractivity contribution is -0.134. The summed E-state index contributed by atoms with van der Waals surface area (Å²) in [5.74, 6) is -0.929. The van der Waals surface area contributed by atoms with Gasteiger partial charge in [0.15, 0.2) is 23.0 Å². The fraction of sp³-hybridized carbons (Fsp3) is 0.688. The average Bonchev–Trinajstić information content (AvgIpc) is 2.92. The lowest BCUT2D eigenvalue weighted by Crippen LogP contribution is -2.46. The third-order valence-corrected chi connectivity index (χ3v) is 15.4. The topological polar surface area (TPSA) is 367 Å². The molecule has 2 rings (SSSR count). The van der Waals surface area contributed by atoms with Crippen molar-refractivity contribution in [1.29, 1.82) is 0 Å². The molecule has 0 spiro atoms. The number of rotatable bonds is 40. The molecule has 2 aromatic carbocycles. The van der Waals surface area contributed by atoms with Gasteiger partial charge in [-0.25, -0.2) is 9.59 Å². The number of nitrogens with one attached hydrogen (secondary N) is 2. The molecular weight excluding hydrogens is 1110 g/mol. The predicted molar refractivity (Wildman–Crippen MR) is 333 cm³/mol. The SMILES string of the molecule is COCCCOc1cc(C[C@@H](C[C@H](N)[C@@H](O)C[C@H](C(=O)NCC(C)(C)C(N)=O)C(C)C)C(C)C)ccc1OC.COCCCOc1cc(C[C@@H](C[C@H](N)[C@@H](O)C[C@H](C(=O)NCC(C)(C)C(N)=O)C(C)C)C(C)C)ccc1OC.O=C(O)/C=C\C(=O)O. The minimum absolute atomic E-state index is 0.00829. The van der Waals surface area contributed by atoms with Crippen LogP contribution in [0.15, 0.2) is 48.6 Å². The van der Waals surface area contributed by atoms with Crippen LogP contribution in [-0.4, -0.2) is 148 Å². The first-order valence-electron chi connectivity index (χ1n) is 29.8. The van der Waals surface area contributed by atoms with Crippen molar-refractivity contribution in [3.63, 3.8) is 0 Å². The molecule has 0 aliphatic carbocycles. The van der Waals surface area contributed by atoms with Gasteiger partial charge in [0.1, 0.15) is 0 Å². The maximum Gasteiger partial charge on any atom is 0.328 e. The maximum absolute atomic E-state index is 12.9. The third-order valence-electron chi connectivity index (χ3n) is 15.4. The number of carboxylic acids is 2. The molecule has 22 heteroatoms. The molecule has 0 unspecified atom stereocenters. The first-order chi connectivity index (χ1) is 40.1. The zero-order valence-corrected chi connectivity index (χ0v) is 54.4. The first kappa shape index (κ1) is 80.0. The van der Waals surface area contributed by atoms with Gasteiger partial charge in [0.25, 0.3) is 0 Å². The van der Waals surface area contributed by atoms with E-state index < -0.39 is 70.7 Å². The largest absolute Gasteiger partial charge is 0.493 e. The molecule has 0 aliphatic heterocycles. The van der Waals surface area contributed by atoms with E-state index >= 15 is 0 Å². The molecule has 0 saturated heterocycles. The number of ether oxygens (including phenoxy) is 6. The smallest absolute Gasteiger partial charge is 0.328 e. The summed E-state index contributed by atoms with van der Waals surface area (Å²) in [7, 11) is 6.58. The van der Waals surface area contributed by atoms with Crippen LogP contribution < -0.4 is 52.5 Å². The van der Waals surface area contributed by atoms with Crippen LogP contribution in [0.1, 0.15) is 133 Å². The van der Waals surface area contributed by atoms with Gasteiger partial charge in [-0.1, -0.05) is 67.5 Å². The van der Waals surface area contributed by atoms with Gasteiger partial charge in [0.2, 0.25) is 23.6 Å². The Labute approximate surface area is 512 Å². The van der Waals surface area contributed by atoms with Gasteiger partial charge < -0.3 is 82.4 Å². The van der Waals surface area contributed by atoms with E-state index in [1.807, 2.05) is 64.1 Å². The molecule has 0 aromatic heterocycles. The number of carboxylic acid groups (broad SMARTS) is 2. The number of aliphatic hydroxyl groups excluding tert-OH is 2. The Morgan fingerprint density at radius 1 is 0.512 bits per heavy atom. The monoisotopic (exact) mass is 1220 g/mol. The van der Waals surface area contributed by atoms with E-state index in [9.17, 15) is 39.0 Å². The summed E-state index contributed by atoms with van der Waals surface area (Å²) in [6.07, 6.45) is 4.24. The number of methoxy groups -OCH3 is 4. The van der Waals surface area contributed by atoms with Crippen molar-refractivity contribution < 1.29 is 77.6 Å². The van der Waals surface area contributed by atoms with Crippen molar-refractivity contribution in [1.82, 2.24) is 10.6 Å². The molecule has 22 nitrogen and oxygen atoms in total. The van der Waals surface area contributed by atoms with Crippen molar-refractivity contribution in [3.05, 3.63) is 59.7 Å². The molecule has 492 valence electrons. The number of primary amides is 2. The van der Waals surface area contributed by atoms with E-state index in [0.29, 0.717) is 86.3 Å². The molecule has 0 radical (unpaired) electrons. The zero-order valence-electron chi connectivity index (χ0n) is 54.4. The number of hydrogen-bond acceptors (Lipinski definition) is 16. The average molecular weight is 1220 g/mol. The van der Waals surface area contributed by atoms with Gasteiger partial charge in [-0.3, -0.25) is 19.2 Å². The van der Waals surface area contributed by atoms with Gasteiger partial charge in [-0.05, 0) is 137 Å². The van der Waals surface area contributed by atoms with E-state index in [0.717, 1.165) is 36.8 Å². The second-order valence-corrected chi connectivity index (χ2v) is 24.8. The van der Waals surface area contributed by atoms with Gasteiger partial charge in [0, 0.05) is 89.4 Å². The molecule has 86 heavy (non-hydrogen) atoms. The molecule has 0 bridgehead atoms. The highest BCUT2D eigenvalue weighted by molar-refractivity contribution is 5.89. The van der Waals surface area contributed by atoms with Crippen molar-refractivity contribution in [3.8, 4) is 23.0 Å². The van der Waals surface area contributed by atoms with E-state index in [-0.39, 0.29) is 61.4 Å². The van der Waals surface area contributed by atoms with Crippen LogP contribution in [0.3, 0.4) is 0 Å². The molecule has 0 aliphatic rings. The highest BCUT2D eigenvalue weighted by Gasteiger charge is 2.34. The zero-order chi connectivity index (χ0) is 66.1. The van der Waals surface area contributed by atoms with Crippen molar-refractivity contribution in [2.75, 3.05) is 68.0 Å². The highest BCUT2D eigenvalue weighted by atomic mass is 16.5. The Bertz CT molecular complexity index is 2200. The van der Waals surface area contributed by atoms with Crippen LogP contribution in [0.4, 0.5) is 0 Å². The Morgan fingerprint density at radius 3 is 1.09 bits per heavy atom. The van der Waals surface area contributed by atoms with Crippen LogP contribution >= 0.6 is 0 Å². The molecule has 4 amide bonds. The highest BCUT2D eigenvalue weighted by Crippen LogP contribution is 2.34. The first-order valence-corrected chi connectivity index (χ1v) is 29.8. The van der Waals surface area contributed by atoms with Crippen molar-refractivity contribution in [2.24, 2.45) is 81.1 Å². The lowest BCUT2D eigenvalue weighted by atomic mass is 9.80. The van der Waals surface area contributed by atoms with Gasteiger partial charge in [0.05, 0.1) is 50.5 Å². The Hall–Kier alpha value is -6.04. The predicted octanol–water partition coefficient (Wildman–Crippen LogP) is 6.30. The standard InChI is InChI=1S/2C30H53N3O6.C4H4O4/c2*1-19(2)22(14-21-10-11-26(38-8)27(15-21)39-13-9-12-37-7)16-24(31)25(34)17-23(20(3)4)28(35)33-18-30(5,6)29(32)36;5-3(6)1-2-4(7)8/h2*10-11,15,19-20,22-25,34H,9,12-14,16-18,31H2,1-8H3,(H2,32,36)(H,33,35);1-2H,(H,5,6)(H,7,8)/b;;2-1-/t2*22-,23-,24-,25-;/m00./s1. The summed E-state index contributed by atoms with van der Waals surface area (Å²) >= 11 is 0. The summed E-state index contributed by atoms with van der Waals surface area (Å²) in [6, 6.07) is 10.9. The van der Waals surface area contributed by atoms with E-state index in [2.05, 4.69) is 38.3 Å². The summed E-state index contributed by atoms with van der Waals surface area (Å²) in [6.45, 7) is 25.7. The lowest BCUT2D eigenvalue weighted by Gasteiger charge is -2.30. The van der Waals surface area contributed by atoms with Crippen LogP contribution in [0, 0.1) is 58.2 Å². The van der Waals surface area contributed by atoms with Crippen LogP contribution in [-0.2, 0) is 51.1 Å². The number of aliphatic carboxylic acids is 2. The van der Waals surface area contributed by atoms with E-state index in [1.54, 1.807) is 56.1 Å². The summed E-state index contributed by atoms with van der Waals surface area (Å²) in [4.78, 5) is 68.2. The molecule has 14 N–H and O–H groups in total. The van der Waals surface area contributed by atoms with Crippen LogP contribution in [0.25, 0.3) is 0 Å². The summed E-state index contributed by atoms with van der Waals surface area (Å²) in [5.41, 5.74) is 24.4. The minimum atomic E-state index is -1.26. The number of nitrogens with two attached hydrogens (primary N) is 4. The Morgan fingerprint density at radius 2 is 0.837 bits per heavy atom. The Kier molecular flexibility index (Phi) is 38.3. The number of hydrogen-bond donors (Lipinski definition) is 10. The fourth-order valence-electron chi connectivity index (χ4n) is 8.92. The maximum atomic E-state index is 12.9. The van der Waals surface area contributed by atoms with Crippen molar-refractivity contribution in [2.45, 2.75) is 159 Å². The summed E-state index contributed by atoms with van der Waals surface area (Å²) < 4.78 is 33.0. The van der Waals surface area contributed by atoms with Crippen molar-refractivity contribution >= 4 is 35.6 Å². The number of amides is 4. The number of carbonyl (C=O) groups excluding carboxylic acids is 4. The Balaban J connectivity index is 0.00000149. The molecule has 2 aromatic rings. The van der Waals surface area contributed by atoms with Gasteiger partial charge in [-0.2, -0.15) is 0 Å². The quantitative estimate of drug-likeness (QED) is 0.0258. The normalized spacial score (nSPS) is 14.6. The molecule has 8 atom stereocenters. The third kappa shape index (κ3) is 31.6. The second kappa shape index (κ2) is 41.2. The second-order valence-electron chi connectivity index (χ2n) is 24.8. The molecule has 0 heterocycles. The van der Waals surface area contributed by atoms with E-state index in [1.165, 1.54) is 0 Å². The molecule has 0 saturated carbocycles. The van der Waals surface area contributed by atoms with Gasteiger partial charge in [-0.15, -0.1) is 0 Å². The fourth-order valence-corrected chi connectivity index (χ4v) is 8.92. The van der Waals surface area contributed by atoms with E-state index in [4.69, 9.17) is 61.6 Å². The van der Waals surface area contributed by atoms with Gasteiger partial charge >= 0.3 is 11.9 Å². The number of benzene rings is 2. The number of aliphatic hydroxyl groups is 2.